The van der Waals surface area contributed by atoms with Gasteiger partial charge in [0.05, 0.1) is 25.5 Å². The van der Waals surface area contributed by atoms with Crippen molar-refractivity contribution in [3.63, 3.8) is 0 Å². The van der Waals surface area contributed by atoms with Gasteiger partial charge in [0.15, 0.2) is 0 Å². The molecule has 2 aromatic rings. The van der Waals surface area contributed by atoms with E-state index in [1.807, 2.05) is 13.0 Å². The van der Waals surface area contributed by atoms with Crippen molar-refractivity contribution in [3.05, 3.63) is 38.3 Å². The van der Waals surface area contributed by atoms with Crippen molar-refractivity contribution in [2.45, 2.75) is 13.5 Å². The van der Waals surface area contributed by atoms with Gasteiger partial charge in [0.1, 0.15) is 15.1 Å². The normalized spacial score (nSPS) is 10.4. The molecular weight excluding hydrogens is 291 g/mol. The molecule has 0 fully saturated rings. The molecule has 0 atom stereocenters. The van der Waals surface area contributed by atoms with Crippen molar-refractivity contribution in [1.82, 2.24) is 4.98 Å². The van der Waals surface area contributed by atoms with Gasteiger partial charge in [-0.05, 0) is 18.6 Å². The molecule has 3 nitrogen and oxygen atoms in total. The highest BCUT2D eigenvalue weighted by molar-refractivity contribution is 7.15. The van der Waals surface area contributed by atoms with Gasteiger partial charge < -0.3 is 10.1 Å². The molecule has 0 saturated carbocycles. The summed E-state index contributed by atoms with van der Waals surface area (Å²) < 4.78 is 5.97. The molecule has 0 unspecified atom stereocenters. The summed E-state index contributed by atoms with van der Waals surface area (Å²) >= 11 is 13.3. The summed E-state index contributed by atoms with van der Waals surface area (Å²) in [5.74, 6) is 0.716. The largest absolute Gasteiger partial charge is 0.495 e. The lowest BCUT2D eigenvalue weighted by Crippen LogP contribution is -2.01. The van der Waals surface area contributed by atoms with Crippen LogP contribution in [0.25, 0.3) is 0 Å². The lowest BCUT2D eigenvalue weighted by molar-refractivity contribution is 0.416. The van der Waals surface area contributed by atoms with Crippen molar-refractivity contribution in [2.24, 2.45) is 0 Å². The third-order valence-electron chi connectivity index (χ3n) is 2.44. The number of methoxy groups -OCH3 is 1. The van der Waals surface area contributed by atoms with Crippen LogP contribution in [-0.2, 0) is 6.54 Å². The van der Waals surface area contributed by atoms with E-state index < -0.39 is 0 Å². The Labute approximate surface area is 120 Å². The average molecular weight is 303 g/mol. The van der Waals surface area contributed by atoms with Crippen LogP contribution in [0.4, 0.5) is 5.69 Å². The van der Waals surface area contributed by atoms with Crippen molar-refractivity contribution in [3.8, 4) is 5.75 Å². The van der Waals surface area contributed by atoms with E-state index in [4.69, 9.17) is 27.9 Å². The SMILES string of the molecule is COc1cc(Cl)c(C)cc1NCc1ncc(Cl)s1. The first kappa shape index (κ1) is 13.5. The van der Waals surface area contributed by atoms with Crippen molar-refractivity contribution in [2.75, 3.05) is 12.4 Å². The molecule has 1 aromatic heterocycles. The molecule has 1 aromatic carbocycles. The third kappa shape index (κ3) is 3.07. The molecule has 2 rings (SSSR count). The summed E-state index contributed by atoms with van der Waals surface area (Å²) in [6, 6.07) is 3.75. The maximum Gasteiger partial charge on any atom is 0.143 e. The van der Waals surface area contributed by atoms with Gasteiger partial charge in [-0.15, -0.1) is 11.3 Å². The molecule has 0 aliphatic heterocycles. The number of rotatable bonds is 4. The predicted octanol–water partition coefficient (Wildman–Crippen LogP) is 4.38. The lowest BCUT2D eigenvalue weighted by atomic mass is 10.2. The lowest BCUT2D eigenvalue weighted by Gasteiger charge is -2.12. The van der Waals surface area contributed by atoms with E-state index >= 15 is 0 Å². The number of hydrogen-bond donors (Lipinski definition) is 1. The Hall–Kier alpha value is -0.970. The third-order valence-corrected chi connectivity index (χ3v) is 3.96. The monoisotopic (exact) mass is 302 g/mol. The topological polar surface area (TPSA) is 34.1 Å². The molecule has 1 N–H and O–H groups in total. The van der Waals surface area contributed by atoms with Gasteiger partial charge in [0.25, 0.3) is 0 Å². The fourth-order valence-electron chi connectivity index (χ4n) is 1.51. The summed E-state index contributed by atoms with van der Waals surface area (Å²) in [5, 5.41) is 4.88. The van der Waals surface area contributed by atoms with E-state index in [0.29, 0.717) is 21.7 Å². The number of anilines is 1. The molecule has 0 bridgehead atoms. The van der Waals surface area contributed by atoms with E-state index in [0.717, 1.165) is 16.3 Å². The molecule has 0 aliphatic rings. The minimum absolute atomic E-state index is 0.606. The first-order chi connectivity index (χ1) is 8.60. The standard InChI is InChI=1S/C12H12Cl2N2OS/c1-7-3-9(10(17-2)4-8(7)13)15-6-12-16-5-11(14)18-12/h3-5,15H,6H2,1-2H3. The highest BCUT2D eigenvalue weighted by Gasteiger charge is 2.07. The average Bonchev–Trinajstić information content (AvgIpc) is 2.76. The maximum atomic E-state index is 6.05. The number of nitrogens with zero attached hydrogens (tertiary/aromatic N) is 1. The Morgan fingerprint density at radius 2 is 2.17 bits per heavy atom. The Bertz CT molecular complexity index is 557. The van der Waals surface area contributed by atoms with Gasteiger partial charge >= 0.3 is 0 Å². The number of ether oxygens (including phenoxy) is 1. The minimum Gasteiger partial charge on any atom is -0.495 e. The molecule has 0 aliphatic carbocycles. The Morgan fingerprint density at radius 1 is 1.39 bits per heavy atom. The quantitative estimate of drug-likeness (QED) is 0.910. The fraction of sp³-hybridized carbons (Fsp3) is 0.250. The smallest absolute Gasteiger partial charge is 0.143 e. The molecule has 1 heterocycles. The molecule has 0 amide bonds. The van der Waals surface area contributed by atoms with Gasteiger partial charge in [-0.1, -0.05) is 23.2 Å². The minimum atomic E-state index is 0.606. The zero-order valence-electron chi connectivity index (χ0n) is 9.96. The number of thiazole rings is 1. The zero-order chi connectivity index (χ0) is 13.1. The van der Waals surface area contributed by atoms with Crippen LogP contribution in [-0.4, -0.2) is 12.1 Å². The second-order valence-corrected chi connectivity index (χ2v) is 5.87. The first-order valence-corrected chi connectivity index (χ1v) is 6.85. The van der Waals surface area contributed by atoms with E-state index in [2.05, 4.69) is 10.3 Å². The maximum absolute atomic E-state index is 6.05. The molecule has 96 valence electrons. The number of halogens is 2. The second kappa shape index (κ2) is 5.78. The summed E-state index contributed by atoms with van der Waals surface area (Å²) in [4.78, 5) is 4.18. The van der Waals surface area contributed by atoms with E-state index in [9.17, 15) is 0 Å². The van der Waals surface area contributed by atoms with Crippen molar-refractivity contribution in [1.29, 1.82) is 0 Å². The molecule has 6 heteroatoms. The molecular formula is C12H12Cl2N2OS. The Morgan fingerprint density at radius 3 is 2.78 bits per heavy atom. The van der Waals surface area contributed by atoms with Gasteiger partial charge in [0, 0.05) is 11.1 Å². The highest BCUT2D eigenvalue weighted by atomic mass is 35.5. The van der Waals surface area contributed by atoms with Crippen LogP contribution in [0.15, 0.2) is 18.3 Å². The van der Waals surface area contributed by atoms with Crippen LogP contribution in [0.5, 0.6) is 5.75 Å². The number of aromatic nitrogens is 1. The number of aryl methyl sites for hydroxylation is 1. The van der Waals surface area contributed by atoms with Crippen LogP contribution in [0, 0.1) is 6.92 Å². The van der Waals surface area contributed by atoms with Crippen LogP contribution in [0.3, 0.4) is 0 Å². The molecule has 0 radical (unpaired) electrons. The van der Waals surface area contributed by atoms with Crippen LogP contribution in [0.1, 0.15) is 10.6 Å². The van der Waals surface area contributed by atoms with Crippen LogP contribution in [0.2, 0.25) is 9.36 Å². The van der Waals surface area contributed by atoms with Crippen molar-refractivity contribution >= 4 is 40.2 Å². The summed E-state index contributed by atoms with van der Waals surface area (Å²) in [7, 11) is 1.62. The molecule has 18 heavy (non-hydrogen) atoms. The number of benzene rings is 1. The molecule has 0 saturated heterocycles. The van der Waals surface area contributed by atoms with Gasteiger partial charge in [-0.25, -0.2) is 4.98 Å². The second-order valence-electron chi connectivity index (χ2n) is 3.71. The molecule has 0 spiro atoms. The van der Waals surface area contributed by atoms with Gasteiger partial charge in [-0.3, -0.25) is 0 Å². The zero-order valence-corrected chi connectivity index (χ0v) is 12.3. The summed E-state index contributed by atoms with van der Waals surface area (Å²) in [5.41, 5.74) is 1.89. The van der Waals surface area contributed by atoms with Crippen molar-refractivity contribution < 1.29 is 4.74 Å². The first-order valence-electron chi connectivity index (χ1n) is 5.28. The van der Waals surface area contributed by atoms with Gasteiger partial charge in [-0.2, -0.15) is 0 Å². The predicted molar refractivity (Wildman–Crippen MR) is 77.2 cm³/mol. The number of nitrogens with one attached hydrogen (secondary N) is 1. The number of hydrogen-bond acceptors (Lipinski definition) is 4. The van der Waals surface area contributed by atoms with Crippen LogP contribution < -0.4 is 10.1 Å². The van der Waals surface area contributed by atoms with Gasteiger partial charge in [0.2, 0.25) is 0 Å². The van der Waals surface area contributed by atoms with Crippen LogP contribution >= 0.6 is 34.5 Å². The fourth-order valence-corrected chi connectivity index (χ4v) is 2.56. The highest BCUT2D eigenvalue weighted by Crippen LogP contribution is 2.31. The summed E-state index contributed by atoms with van der Waals surface area (Å²) in [6.45, 7) is 2.56. The Balaban J connectivity index is 2.15. The van der Waals surface area contributed by atoms with E-state index in [-0.39, 0.29) is 0 Å². The van der Waals surface area contributed by atoms with E-state index in [1.54, 1.807) is 19.4 Å². The van der Waals surface area contributed by atoms with E-state index in [1.165, 1.54) is 11.3 Å². The summed E-state index contributed by atoms with van der Waals surface area (Å²) in [6.07, 6.45) is 1.65. The Kier molecular flexibility index (Phi) is 4.32.